The van der Waals surface area contributed by atoms with E-state index in [2.05, 4.69) is 35.5 Å². The highest BCUT2D eigenvalue weighted by Gasteiger charge is 2.26. The Balaban J connectivity index is 1.35. The topological polar surface area (TPSA) is 64.1 Å². The maximum Gasteiger partial charge on any atom is 0.335 e. The predicted octanol–water partition coefficient (Wildman–Crippen LogP) is 3.57. The Hall–Kier alpha value is -2.08. The lowest BCUT2D eigenvalue weighted by atomic mass is 9.89. The summed E-state index contributed by atoms with van der Waals surface area (Å²) >= 11 is 0. The maximum atomic E-state index is 12.4. The third-order valence-electron chi connectivity index (χ3n) is 6.35. The number of nitrogens with zero attached hydrogens (tertiary/aromatic N) is 3. The molecule has 2 aliphatic heterocycles. The number of piperidine rings is 1. The Labute approximate surface area is 180 Å². The third kappa shape index (κ3) is 6.46. The van der Waals surface area contributed by atoms with Crippen LogP contribution in [0.5, 0.6) is 0 Å². The molecule has 0 aliphatic carbocycles. The lowest BCUT2D eigenvalue weighted by Gasteiger charge is -2.38. The fourth-order valence-electron chi connectivity index (χ4n) is 4.45. The highest BCUT2D eigenvalue weighted by atomic mass is 16.4. The molecule has 166 valence electrons. The number of amides is 1. The number of carbonyl (C=O) groups is 2. The molecule has 2 saturated heterocycles. The molecular formula is C24H37N3O3. The number of anilines is 1. The van der Waals surface area contributed by atoms with Crippen molar-refractivity contribution in [3.05, 3.63) is 29.8 Å². The number of hydrogen-bond donors (Lipinski definition) is 1. The fourth-order valence-corrected chi connectivity index (χ4v) is 4.45. The second-order valence-corrected chi connectivity index (χ2v) is 10.0. The summed E-state index contributed by atoms with van der Waals surface area (Å²) in [4.78, 5) is 30.4. The number of likely N-dealkylation sites (tertiary alicyclic amines) is 1. The molecule has 2 fully saturated rings. The molecule has 6 heteroatoms. The van der Waals surface area contributed by atoms with Crippen molar-refractivity contribution in [3.8, 4) is 0 Å². The summed E-state index contributed by atoms with van der Waals surface area (Å²) in [7, 11) is 0. The highest BCUT2D eigenvalue weighted by Crippen LogP contribution is 2.25. The third-order valence-corrected chi connectivity index (χ3v) is 6.35. The van der Waals surface area contributed by atoms with Gasteiger partial charge in [-0.2, -0.15) is 0 Å². The Bertz CT molecular complexity index is 710. The number of benzene rings is 1. The monoisotopic (exact) mass is 415 g/mol. The van der Waals surface area contributed by atoms with E-state index in [0.717, 1.165) is 70.3 Å². The molecule has 3 rings (SSSR count). The molecule has 2 heterocycles. The van der Waals surface area contributed by atoms with Crippen molar-refractivity contribution in [1.29, 1.82) is 0 Å². The maximum absolute atomic E-state index is 12.4. The first-order valence-corrected chi connectivity index (χ1v) is 11.3. The molecule has 1 aromatic carbocycles. The van der Waals surface area contributed by atoms with Crippen LogP contribution in [0, 0.1) is 11.3 Å². The molecule has 0 radical (unpaired) electrons. The first-order valence-electron chi connectivity index (χ1n) is 11.3. The van der Waals surface area contributed by atoms with E-state index in [0.29, 0.717) is 17.9 Å². The Morgan fingerprint density at radius 1 is 0.967 bits per heavy atom. The standard InChI is InChI=1S/C24H37N3O3/c1-24(2,3)18-22(28)27-12-9-19(10-13-27)8-11-25-14-16-26(17-15-25)21-6-4-20(5-7-21)23(29)30/h4-7,19H,8-18H2,1-3H3,(H,29,30). The van der Waals surface area contributed by atoms with Gasteiger partial charge in [-0.25, -0.2) is 4.79 Å². The Kier molecular flexibility index (Phi) is 7.40. The smallest absolute Gasteiger partial charge is 0.335 e. The molecule has 1 aromatic rings. The zero-order chi connectivity index (χ0) is 21.7. The van der Waals surface area contributed by atoms with Crippen molar-refractivity contribution in [1.82, 2.24) is 9.80 Å². The molecular weight excluding hydrogens is 378 g/mol. The second-order valence-electron chi connectivity index (χ2n) is 10.0. The van der Waals surface area contributed by atoms with Gasteiger partial charge in [0.05, 0.1) is 5.56 Å². The van der Waals surface area contributed by atoms with E-state index < -0.39 is 5.97 Å². The lowest BCUT2D eigenvalue weighted by Crippen LogP contribution is -2.47. The Morgan fingerprint density at radius 3 is 2.10 bits per heavy atom. The number of aromatic carboxylic acids is 1. The normalized spacial score (nSPS) is 19.2. The predicted molar refractivity (Wildman–Crippen MR) is 120 cm³/mol. The van der Waals surface area contributed by atoms with Gasteiger partial charge in [0, 0.05) is 51.4 Å². The number of carboxylic acids is 1. The van der Waals surface area contributed by atoms with Crippen molar-refractivity contribution < 1.29 is 14.7 Å². The molecule has 6 nitrogen and oxygen atoms in total. The number of piperazine rings is 1. The van der Waals surface area contributed by atoms with Crippen molar-refractivity contribution in [2.24, 2.45) is 11.3 Å². The van der Waals surface area contributed by atoms with Crippen LogP contribution in [-0.4, -0.2) is 72.6 Å². The van der Waals surface area contributed by atoms with Crippen LogP contribution in [-0.2, 0) is 4.79 Å². The van der Waals surface area contributed by atoms with E-state index in [1.807, 2.05) is 12.1 Å². The van der Waals surface area contributed by atoms with Gasteiger partial charge in [0.2, 0.25) is 5.91 Å². The van der Waals surface area contributed by atoms with Crippen LogP contribution in [0.2, 0.25) is 0 Å². The molecule has 0 aromatic heterocycles. The van der Waals surface area contributed by atoms with Gasteiger partial charge in [0.15, 0.2) is 0 Å². The van der Waals surface area contributed by atoms with E-state index in [1.165, 1.54) is 6.42 Å². The summed E-state index contributed by atoms with van der Waals surface area (Å²) in [5.74, 6) is 0.162. The summed E-state index contributed by atoms with van der Waals surface area (Å²) in [6.45, 7) is 13.4. The first kappa shape index (κ1) is 22.6. The van der Waals surface area contributed by atoms with Gasteiger partial charge in [0.1, 0.15) is 0 Å². The van der Waals surface area contributed by atoms with E-state index in [9.17, 15) is 9.59 Å². The minimum Gasteiger partial charge on any atom is -0.478 e. The summed E-state index contributed by atoms with van der Waals surface area (Å²) in [6.07, 6.45) is 4.12. The molecule has 0 unspecified atom stereocenters. The zero-order valence-electron chi connectivity index (χ0n) is 18.8. The lowest BCUT2D eigenvalue weighted by molar-refractivity contribution is -0.134. The summed E-state index contributed by atoms with van der Waals surface area (Å²) in [5.41, 5.74) is 1.50. The van der Waals surface area contributed by atoms with Crippen LogP contribution in [0.1, 0.15) is 56.8 Å². The molecule has 0 saturated carbocycles. The van der Waals surface area contributed by atoms with Crippen LogP contribution < -0.4 is 4.90 Å². The van der Waals surface area contributed by atoms with E-state index in [4.69, 9.17) is 5.11 Å². The van der Waals surface area contributed by atoms with Crippen molar-refractivity contribution in [2.45, 2.75) is 46.5 Å². The molecule has 1 amide bonds. The van der Waals surface area contributed by atoms with Gasteiger partial charge in [-0.15, -0.1) is 0 Å². The molecule has 2 aliphatic rings. The Morgan fingerprint density at radius 2 is 1.57 bits per heavy atom. The van der Waals surface area contributed by atoms with Gasteiger partial charge in [0.25, 0.3) is 0 Å². The van der Waals surface area contributed by atoms with E-state index >= 15 is 0 Å². The summed E-state index contributed by atoms with van der Waals surface area (Å²) < 4.78 is 0. The van der Waals surface area contributed by atoms with Crippen LogP contribution in [0.25, 0.3) is 0 Å². The van der Waals surface area contributed by atoms with Crippen LogP contribution in [0.3, 0.4) is 0 Å². The minimum absolute atomic E-state index is 0.0639. The average molecular weight is 416 g/mol. The number of hydrogen-bond acceptors (Lipinski definition) is 4. The van der Waals surface area contributed by atoms with Crippen molar-refractivity contribution >= 4 is 17.6 Å². The average Bonchev–Trinajstić information content (AvgIpc) is 2.72. The van der Waals surface area contributed by atoms with E-state index in [1.54, 1.807) is 12.1 Å². The molecule has 1 N–H and O–H groups in total. The number of carbonyl (C=O) groups excluding carboxylic acids is 1. The summed E-state index contributed by atoms with van der Waals surface area (Å²) in [6, 6.07) is 7.19. The van der Waals surface area contributed by atoms with Crippen LogP contribution >= 0.6 is 0 Å². The zero-order valence-corrected chi connectivity index (χ0v) is 18.8. The van der Waals surface area contributed by atoms with Gasteiger partial charge in [-0.1, -0.05) is 20.8 Å². The molecule has 0 spiro atoms. The largest absolute Gasteiger partial charge is 0.478 e. The fraction of sp³-hybridized carbons (Fsp3) is 0.667. The number of rotatable bonds is 6. The van der Waals surface area contributed by atoms with Crippen molar-refractivity contribution in [2.75, 3.05) is 50.7 Å². The highest BCUT2D eigenvalue weighted by molar-refractivity contribution is 5.88. The van der Waals surface area contributed by atoms with Gasteiger partial charge < -0.3 is 14.9 Å². The number of carboxylic acid groups (broad SMARTS) is 1. The first-order chi connectivity index (χ1) is 14.2. The SMILES string of the molecule is CC(C)(C)CC(=O)N1CCC(CCN2CCN(c3ccc(C(=O)O)cc3)CC2)CC1. The molecule has 0 atom stereocenters. The molecule has 30 heavy (non-hydrogen) atoms. The van der Waals surface area contributed by atoms with Crippen LogP contribution in [0.4, 0.5) is 5.69 Å². The van der Waals surface area contributed by atoms with Crippen LogP contribution in [0.15, 0.2) is 24.3 Å². The molecule has 0 bridgehead atoms. The van der Waals surface area contributed by atoms with Gasteiger partial charge in [-0.3, -0.25) is 9.69 Å². The quantitative estimate of drug-likeness (QED) is 0.769. The van der Waals surface area contributed by atoms with Gasteiger partial charge in [-0.05, 0) is 61.4 Å². The summed E-state index contributed by atoms with van der Waals surface area (Å²) in [5, 5.41) is 9.03. The second kappa shape index (κ2) is 9.82. The van der Waals surface area contributed by atoms with Gasteiger partial charge >= 0.3 is 5.97 Å². The van der Waals surface area contributed by atoms with Crippen molar-refractivity contribution in [3.63, 3.8) is 0 Å². The van der Waals surface area contributed by atoms with E-state index in [-0.39, 0.29) is 5.41 Å². The minimum atomic E-state index is -0.879.